The van der Waals surface area contributed by atoms with Crippen LogP contribution in [0.5, 0.6) is 0 Å². The zero-order valence-electron chi connectivity index (χ0n) is 12.1. The standard InChI is InChI=1S/C14H20FN3O2.ClH/c1-9(2)10-6-18(7-12(10)17-13(20)8-19)14-11(15)4-3-5-16-14;/h3-5,9-10,12,19H,6-8H2,1-2H3,(H,17,20);1H/t10-,12+;/m1./s1. The van der Waals surface area contributed by atoms with Gasteiger partial charge in [-0.1, -0.05) is 13.8 Å². The number of rotatable bonds is 4. The van der Waals surface area contributed by atoms with Crippen LogP contribution in [-0.2, 0) is 4.79 Å². The van der Waals surface area contributed by atoms with E-state index in [1.165, 1.54) is 6.07 Å². The number of anilines is 1. The van der Waals surface area contributed by atoms with E-state index in [2.05, 4.69) is 24.1 Å². The highest BCUT2D eigenvalue weighted by atomic mass is 35.5. The number of carbonyl (C=O) groups excluding carboxylic acids is 1. The molecule has 1 aliphatic rings. The third-order valence-corrected chi connectivity index (χ3v) is 3.75. The van der Waals surface area contributed by atoms with Crippen molar-refractivity contribution in [2.45, 2.75) is 19.9 Å². The van der Waals surface area contributed by atoms with E-state index >= 15 is 0 Å². The number of pyridine rings is 1. The van der Waals surface area contributed by atoms with Crippen LogP contribution in [0.15, 0.2) is 18.3 Å². The van der Waals surface area contributed by atoms with E-state index < -0.39 is 12.5 Å². The molecular formula is C14H21ClFN3O2. The van der Waals surface area contributed by atoms with Crippen molar-refractivity contribution < 1.29 is 14.3 Å². The molecule has 0 saturated carbocycles. The number of aliphatic hydroxyl groups excluding tert-OH is 1. The Bertz CT molecular complexity index is 487. The van der Waals surface area contributed by atoms with Gasteiger partial charge in [0.15, 0.2) is 11.6 Å². The predicted octanol–water partition coefficient (Wildman–Crippen LogP) is 1.21. The quantitative estimate of drug-likeness (QED) is 0.876. The van der Waals surface area contributed by atoms with Crippen molar-refractivity contribution in [3.8, 4) is 0 Å². The van der Waals surface area contributed by atoms with Gasteiger partial charge in [0.25, 0.3) is 0 Å². The molecule has 0 bridgehead atoms. The summed E-state index contributed by atoms with van der Waals surface area (Å²) in [5, 5.41) is 11.6. The summed E-state index contributed by atoms with van der Waals surface area (Å²) < 4.78 is 13.8. The molecule has 5 nitrogen and oxygen atoms in total. The maximum Gasteiger partial charge on any atom is 0.245 e. The summed E-state index contributed by atoms with van der Waals surface area (Å²) in [6.45, 7) is 4.76. The largest absolute Gasteiger partial charge is 0.387 e. The Kier molecular flexibility index (Phi) is 6.36. The van der Waals surface area contributed by atoms with E-state index in [0.29, 0.717) is 24.8 Å². The average molecular weight is 318 g/mol. The van der Waals surface area contributed by atoms with Gasteiger partial charge < -0.3 is 15.3 Å². The van der Waals surface area contributed by atoms with Crippen LogP contribution in [0.3, 0.4) is 0 Å². The van der Waals surface area contributed by atoms with Crippen molar-refractivity contribution in [1.29, 1.82) is 0 Å². The number of nitrogens with zero attached hydrogens (tertiary/aromatic N) is 2. The van der Waals surface area contributed by atoms with E-state index in [1.807, 2.05) is 4.90 Å². The van der Waals surface area contributed by atoms with Crippen molar-refractivity contribution in [3.05, 3.63) is 24.1 Å². The first-order valence-corrected chi connectivity index (χ1v) is 6.78. The summed E-state index contributed by atoms with van der Waals surface area (Å²) in [6, 6.07) is 2.84. The second-order valence-corrected chi connectivity index (χ2v) is 5.45. The number of hydrogen-bond acceptors (Lipinski definition) is 4. The fraction of sp³-hybridized carbons (Fsp3) is 0.571. The van der Waals surface area contributed by atoms with E-state index in [9.17, 15) is 9.18 Å². The Morgan fingerprint density at radius 2 is 2.29 bits per heavy atom. The van der Waals surface area contributed by atoms with Crippen molar-refractivity contribution in [2.75, 3.05) is 24.6 Å². The second kappa shape index (κ2) is 7.56. The monoisotopic (exact) mass is 317 g/mol. The molecule has 1 amide bonds. The molecule has 2 rings (SSSR count). The van der Waals surface area contributed by atoms with Crippen LogP contribution >= 0.6 is 12.4 Å². The third kappa shape index (κ3) is 4.04. The molecule has 1 aliphatic heterocycles. The minimum absolute atomic E-state index is 0. The number of amides is 1. The molecule has 2 atom stereocenters. The lowest BCUT2D eigenvalue weighted by Crippen LogP contribution is -2.43. The van der Waals surface area contributed by atoms with Gasteiger partial charge in [-0.25, -0.2) is 9.37 Å². The SMILES string of the molecule is CC(C)[C@H]1CN(c2ncccc2F)C[C@@H]1NC(=O)CO.Cl. The maximum absolute atomic E-state index is 13.8. The Morgan fingerprint density at radius 1 is 1.57 bits per heavy atom. The van der Waals surface area contributed by atoms with Crippen LogP contribution in [0.4, 0.5) is 10.2 Å². The molecule has 0 unspecified atom stereocenters. The first-order chi connectivity index (χ1) is 9.52. The first kappa shape index (κ1) is 17.7. The number of nitrogens with one attached hydrogen (secondary N) is 1. The van der Waals surface area contributed by atoms with E-state index in [4.69, 9.17) is 5.11 Å². The van der Waals surface area contributed by atoms with Gasteiger partial charge >= 0.3 is 0 Å². The Hall–Kier alpha value is -1.40. The molecule has 7 heteroatoms. The van der Waals surface area contributed by atoms with Crippen LogP contribution in [0.1, 0.15) is 13.8 Å². The van der Waals surface area contributed by atoms with E-state index in [-0.39, 0.29) is 30.2 Å². The normalized spacial score (nSPS) is 21.3. The molecule has 118 valence electrons. The third-order valence-electron chi connectivity index (χ3n) is 3.75. The summed E-state index contributed by atoms with van der Waals surface area (Å²) in [6.07, 6.45) is 1.56. The van der Waals surface area contributed by atoms with Crippen LogP contribution in [0.2, 0.25) is 0 Å². The Morgan fingerprint density at radius 3 is 2.86 bits per heavy atom. The average Bonchev–Trinajstić information content (AvgIpc) is 2.83. The van der Waals surface area contributed by atoms with Gasteiger partial charge in [0.2, 0.25) is 5.91 Å². The number of carbonyl (C=O) groups is 1. The zero-order chi connectivity index (χ0) is 14.7. The number of halogens is 2. The summed E-state index contributed by atoms with van der Waals surface area (Å²) in [4.78, 5) is 17.3. The molecular weight excluding hydrogens is 297 g/mol. The van der Waals surface area contributed by atoms with Gasteiger partial charge in [0.1, 0.15) is 6.61 Å². The molecule has 21 heavy (non-hydrogen) atoms. The maximum atomic E-state index is 13.8. The molecule has 1 fully saturated rings. The fourth-order valence-corrected chi connectivity index (χ4v) is 2.69. The first-order valence-electron chi connectivity index (χ1n) is 6.78. The lowest BCUT2D eigenvalue weighted by molar-refractivity contribution is -0.124. The molecule has 1 aromatic heterocycles. The summed E-state index contributed by atoms with van der Waals surface area (Å²) in [5.41, 5.74) is 0. The topological polar surface area (TPSA) is 65.5 Å². The van der Waals surface area contributed by atoms with Gasteiger partial charge in [-0.05, 0) is 18.1 Å². The predicted molar refractivity (Wildman–Crippen MR) is 81.0 cm³/mol. The number of aliphatic hydroxyl groups is 1. The lowest BCUT2D eigenvalue weighted by atomic mass is 9.91. The minimum Gasteiger partial charge on any atom is -0.387 e. The highest BCUT2D eigenvalue weighted by Crippen LogP contribution is 2.28. The molecule has 1 aromatic rings. The number of hydrogen-bond donors (Lipinski definition) is 2. The van der Waals surface area contributed by atoms with E-state index in [0.717, 1.165) is 0 Å². The smallest absolute Gasteiger partial charge is 0.245 e. The van der Waals surface area contributed by atoms with Gasteiger partial charge in [0, 0.05) is 25.2 Å². The Labute approximate surface area is 130 Å². The molecule has 2 heterocycles. The molecule has 0 radical (unpaired) electrons. The van der Waals surface area contributed by atoms with Gasteiger partial charge in [-0.15, -0.1) is 12.4 Å². The Balaban J connectivity index is 0.00000220. The summed E-state index contributed by atoms with van der Waals surface area (Å²) in [7, 11) is 0. The van der Waals surface area contributed by atoms with Crippen molar-refractivity contribution in [2.24, 2.45) is 11.8 Å². The van der Waals surface area contributed by atoms with Crippen LogP contribution in [0.25, 0.3) is 0 Å². The van der Waals surface area contributed by atoms with Gasteiger partial charge in [-0.2, -0.15) is 0 Å². The van der Waals surface area contributed by atoms with E-state index in [1.54, 1.807) is 12.3 Å². The van der Waals surface area contributed by atoms with Crippen molar-refractivity contribution in [3.63, 3.8) is 0 Å². The highest BCUT2D eigenvalue weighted by molar-refractivity contribution is 5.85. The highest BCUT2D eigenvalue weighted by Gasteiger charge is 2.36. The fourth-order valence-electron chi connectivity index (χ4n) is 2.69. The zero-order valence-corrected chi connectivity index (χ0v) is 12.9. The van der Waals surface area contributed by atoms with Crippen LogP contribution in [-0.4, -0.2) is 41.7 Å². The number of aromatic nitrogens is 1. The second-order valence-electron chi connectivity index (χ2n) is 5.45. The lowest BCUT2D eigenvalue weighted by Gasteiger charge is -2.22. The molecule has 2 N–H and O–H groups in total. The molecule has 0 spiro atoms. The van der Waals surface area contributed by atoms with Crippen LogP contribution in [0, 0.1) is 17.7 Å². The summed E-state index contributed by atoms with van der Waals surface area (Å²) >= 11 is 0. The van der Waals surface area contributed by atoms with Gasteiger partial charge in [-0.3, -0.25) is 4.79 Å². The molecule has 0 aliphatic carbocycles. The molecule has 1 saturated heterocycles. The molecule has 0 aromatic carbocycles. The van der Waals surface area contributed by atoms with Crippen LogP contribution < -0.4 is 10.2 Å². The van der Waals surface area contributed by atoms with Crippen molar-refractivity contribution in [1.82, 2.24) is 10.3 Å². The van der Waals surface area contributed by atoms with Crippen molar-refractivity contribution >= 4 is 24.1 Å². The van der Waals surface area contributed by atoms with Gasteiger partial charge in [0.05, 0.1) is 6.04 Å². The summed E-state index contributed by atoms with van der Waals surface area (Å²) in [5.74, 6) is 0.106. The minimum atomic E-state index is -0.529.